The molecule has 0 aromatic heterocycles. The molecule has 114 valence electrons. The van der Waals surface area contributed by atoms with Gasteiger partial charge in [0.05, 0.1) is 0 Å². The van der Waals surface area contributed by atoms with E-state index in [4.69, 9.17) is 14.0 Å². The van der Waals surface area contributed by atoms with Crippen molar-refractivity contribution in [3.63, 3.8) is 0 Å². The molecule has 1 aromatic carbocycles. The first-order chi connectivity index (χ1) is 10.1. The summed E-state index contributed by atoms with van der Waals surface area (Å²) in [6, 6.07) is 7.02. The number of cyclic esters (lactones) is 2. The molecule has 21 heavy (non-hydrogen) atoms. The van der Waals surface area contributed by atoms with Crippen molar-refractivity contribution in [3.05, 3.63) is 35.4 Å². The van der Waals surface area contributed by atoms with E-state index in [1.54, 1.807) is 24.3 Å². The quantitative estimate of drug-likeness (QED) is 0.244. The van der Waals surface area contributed by atoms with Gasteiger partial charge in [0.2, 0.25) is 6.29 Å². The second-order valence-electron chi connectivity index (χ2n) is 3.68. The minimum atomic E-state index is -0.836. The number of ether oxygens (including phenoxy) is 2. The van der Waals surface area contributed by atoms with Gasteiger partial charge in [0.25, 0.3) is 0 Å². The van der Waals surface area contributed by atoms with Gasteiger partial charge in [-0.1, -0.05) is 26.0 Å². The summed E-state index contributed by atoms with van der Waals surface area (Å²) >= 11 is 2.12. The van der Waals surface area contributed by atoms with Gasteiger partial charge < -0.3 is 14.0 Å². The van der Waals surface area contributed by atoms with Gasteiger partial charge in [-0.2, -0.15) is 0 Å². The molecule has 1 fully saturated rings. The molecule has 1 aliphatic heterocycles. The molecular formula is C14H16IO5P. The van der Waals surface area contributed by atoms with Gasteiger partial charge in [-0.3, -0.25) is 0 Å². The van der Waals surface area contributed by atoms with E-state index >= 15 is 0 Å². The van der Waals surface area contributed by atoms with Crippen LogP contribution in [0.25, 0.3) is 6.08 Å². The van der Waals surface area contributed by atoms with Crippen molar-refractivity contribution in [2.24, 2.45) is 0 Å². The predicted octanol–water partition coefficient (Wildman–Crippen LogP) is 3.86. The molecule has 7 heteroatoms. The Morgan fingerprint density at radius 2 is 1.67 bits per heavy atom. The lowest BCUT2D eigenvalue weighted by Gasteiger charge is -2.20. The molecule has 1 aliphatic rings. The second kappa shape index (κ2) is 9.00. The van der Waals surface area contributed by atoms with E-state index in [9.17, 15) is 9.59 Å². The highest BCUT2D eigenvalue weighted by molar-refractivity contribution is 14.2. The fraction of sp³-hybridized carbons (Fsp3) is 0.286. The number of hydrogen-bond acceptors (Lipinski definition) is 5. The van der Waals surface area contributed by atoms with Crippen LogP contribution in [-0.4, -0.2) is 18.2 Å². The normalized spacial score (nSPS) is 17.7. The van der Waals surface area contributed by atoms with Crippen molar-refractivity contribution >= 4 is 46.5 Å². The summed E-state index contributed by atoms with van der Waals surface area (Å²) in [5, 5.41) is 0. The first-order valence-corrected chi connectivity index (χ1v) is 10.4. The van der Waals surface area contributed by atoms with Crippen molar-refractivity contribution in [2.45, 2.75) is 27.1 Å². The van der Waals surface area contributed by atoms with Crippen molar-refractivity contribution in [2.75, 3.05) is 0 Å². The molecule has 2 rings (SSSR count). The molecule has 0 spiro atoms. The summed E-state index contributed by atoms with van der Waals surface area (Å²) in [5.74, 6) is -0.604. The third-order valence-electron chi connectivity index (χ3n) is 2.33. The number of halogens is 1. The van der Waals surface area contributed by atoms with E-state index in [0.29, 0.717) is 12.0 Å². The molecule has 0 bridgehead atoms. The Hall–Kier alpha value is -1.14. The molecule has 0 N–H and O–H groups in total. The van der Waals surface area contributed by atoms with Gasteiger partial charge in [-0.05, 0) is 45.8 Å². The van der Waals surface area contributed by atoms with Gasteiger partial charge in [0.1, 0.15) is 17.8 Å². The molecular weight excluding hydrogens is 406 g/mol. The molecule has 0 saturated carbocycles. The Labute approximate surface area is 138 Å². The van der Waals surface area contributed by atoms with E-state index in [2.05, 4.69) is 22.0 Å². The zero-order valence-corrected chi connectivity index (χ0v) is 15.0. The third-order valence-corrected chi connectivity index (χ3v) is 3.31. The lowest BCUT2D eigenvalue weighted by Crippen LogP contribution is -2.32. The summed E-state index contributed by atoms with van der Waals surface area (Å²) in [6.07, 6.45) is 0.602. The van der Waals surface area contributed by atoms with Crippen LogP contribution < -0.4 is 4.52 Å². The van der Waals surface area contributed by atoms with Crippen molar-refractivity contribution < 1.29 is 23.6 Å². The molecule has 1 atom stereocenters. The van der Waals surface area contributed by atoms with Crippen LogP contribution in [0.5, 0.6) is 5.75 Å². The number of benzene rings is 1. The SMILES string of the molecule is CC.CC1OC(=O)C(=Cc2ccc(OPI)cc2)C(=O)O1. The van der Waals surface area contributed by atoms with Gasteiger partial charge in [-0.25, -0.2) is 9.59 Å². The minimum Gasteiger partial charge on any atom is -0.467 e. The van der Waals surface area contributed by atoms with Crippen molar-refractivity contribution in [3.8, 4) is 5.75 Å². The van der Waals surface area contributed by atoms with Crippen LogP contribution in [0, 0.1) is 0 Å². The van der Waals surface area contributed by atoms with Crippen LogP contribution in [0.15, 0.2) is 29.8 Å². The molecule has 0 amide bonds. The average molecular weight is 422 g/mol. The van der Waals surface area contributed by atoms with Crippen LogP contribution in [-0.2, 0) is 19.1 Å². The summed E-state index contributed by atoms with van der Waals surface area (Å²) in [5.41, 5.74) is 0.588. The third kappa shape index (κ3) is 5.28. The van der Waals surface area contributed by atoms with Gasteiger partial charge in [0, 0.05) is 6.92 Å². The zero-order valence-electron chi connectivity index (χ0n) is 11.9. The summed E-state index contributed by atoms with van der Waals surface area (Å²) in [7, 11) is 0. The monoisotopic (exact) mass is 422 g/mol. The minimum absolute atomic E-state index is 0.109. The first-order valence-electron chi connectivity index (χ1n) is 6.36. The molecule has 1 saturated heterocycles. The lowest BCUT2D eigenvalue weighted by atomic mass is 10.1. The van der Waals surface area contributed by atoms with Gasteiger partial charge in [-0.15, -0.1) is 0 Å². The van der Waals surface area contributed by atoms with Crippen molar-refractivity contribution in [1.82, 2.24) is 0 Å². The molecule has 1 aromatic rings. The smallest absolute Gasteiger partial charge is 0.348 e. The number of carbonyl (C=O) groups is 2. The fourth-order valence-corrected chi connectivity index (χ4v) is 2.48. The van der Waals surface area contributed by atoms with Crippen LogP contribution in [0.2, 0.25) is 0 Å². The van der Waals surface area contributed by atoms with E-state index in [1.807, 2.05) is 13.8 Å². The summed E-state index contributed by atoms with van der Waals surface area (Å²) < 4.78 is 15.0. The standard InChI is InChI=1S/C12H10IO5P.C2H6/c1-7-16-11(14)10(12(15)17-7)6-8-2-4-9(5-3-8)18-19-13;1-2/h2-7,19H,1H3;1-2H3. The average Bonchev–Trinajstić information content (AvgIpc) is 2.47. The number of hydrogen-bond donors (Lipinski definition) is 0. The number of rotatable bonds is 3. The van der Waals surface area contributed by atoms with E-state index in [0.717, 1.165) is 5.75 Å². The summed E-state index contributed by atoms with van der Waals surface area (Å²) in [4.78, 5) is 23.1. The first kappa shape index (κ1) is 17.9. The van der Waals surface area contributed by atoms with Gasteiger partial charge >= 0.3 is 11.9 Å². The van der Waals surface area contributed by atoms with E-state index < -0.39 is 18.2 Å². The Kier molecular flexibility index (Phi) is 7.67. The molecule has 5 nitrogen and oxygen atoms in total. The largest absolute Gasteiger partial charge is 0.467 e. The lowest BCUT2D eigenvalue weighted by molar-refractivity contribution is -0.190. The highest BCUT2D eigenvalue weighted by atomic mass is 127. The van der Waals surface area contributed by atoms with E-state index in [1.165, 1.54) is 13.0 Å². The Morgan fingerprint density at radius 3 is 2.14 bits per heavy atom. The Balaban J connectivity index is 0.00000106. The molecule has 0 radical (unpaired) electrons. The van der Waals surface area contributed by atoms with Gasteiger partial charge in [0.15, 0.2) is 0 Å². The van der Waals surface area contributed by atoms with Crippen LogP contribution >= 0.6 is 28.5 Å². The van der Waals surface area contributed by atoms with Crippen LogP contribution in [0.3, 0.4) is 0 Å². The van der Waals surface area contributed by atoms with Crippen LogP contribution in [0.4, 0.5) is 0 Å². The Bertz CT molecular complexity index is 507. The fourth-order valence-electron chi connectivity index (χ4n) is 1.50. The van der Waals surface area contributed by atoms with E-state index in [-0.39, 0.29) is 5.57 Å². The van der Waals surface area contributed by atoms with Crippen LogP contribution in [0.1, 0.15) is 26.3 Å². The summed E-state index contributed by atoms with van der Waals surface area (Å²) in [6.45, 7) is 5.82. The second-order valence-corrected chi connectivity index (χ2v) is 5.36. The van der Waals surface area contributed by atoms with Crippen molar-refractivity contribution in [1.29, 1.82) is 0 Å². The predicted molar refractivity (Wildman–Crippen MR) is 90.4 cm³/mol. The molecule has 0 aliphatic carbocycles. The number of esters is 2. The highest BCUT2D eigenvalue weighted by Gasteiger charge is 2.30. The zero-order chi connectivity index (χ0) is 15.8. The highest BCUT2D eigenvalue weighted by Crippen LogP contribution is 2.27. The maximum absolute atomic E-state index is 11.6. The molecule has 1 heterocycles. The topological polar surface area (TPSA) is 61.8 Å². The number of carbonyl (C=O) groups excluding carboxylic acids is 2. The maximum atomic E-state index is 11.6. The Morgan fingerprint density at radius 1 is 1.14 bits per heavy atom. The molecule has 1 unspecified atom stereocenters. The maximum Gasteiger partial charge on any atom is 0.348 e.